The summed E-state index contributed by atoms with van der Waals surface area (Å²) in [5.41, 5.74) is 1.51. The number of carbonyl (C=O) groups excluding carboxylic acids is 2. The highest BCUT2D eigenvalue weighted by Gasteiger charge is 2.52. The third kappa shape index (κ3) is 3.56. The molecule has 1 aromatic rings. The van der Waals surface area contributed by atoms with Crippen LogP contribution < -0.4 is 4.74 Å². The quantitative estimate of drug-likeness (QED) is 0.713. The summed E-state index contributed by atoms with van der Waals surface area (Å²) < 4.78 is 11.9. The van der Waals surface area contributed by atoms with Crippen LogP contribution in [-0.2, 0) is 14.3 Å². The summed E-state index contributed by atoms with van der Waals surface area (Å²) in [5.74, 6) is 1.48. The number of ether oxygens (including phenoxy) is 2. The third-order valence-corrected chi connectivity index (χ3v) is 6.34. The second-order valence-corrected chi connectivity index (χ2v) is 8.61. The van der Waals surface area contributed by atoms with Gasteiger partial charge in [0, 0.05) is 6.54 Å². The summed E-state index contributed by atoms with van der Waals surface area (Å²) in [6, 6.07) is 7.45. The molecule has 156 valence electrons. The summed E-state index contributed by atoms with van der Waals surface area (Å²) in [6.45, 7) is 7.60. The minimum Gasteiger partial charge on any atom is -0.494 e. The number of fused-ring (bicyclic) bond motifs is 1. The minimum absolute atomic E-state index is 0.117. The van der Waals surface area contributed by atoms with Gasteiger partial charge in [0.1, 0.15) is 11.9 Å². The molecule has 4 rings (SSSR count). The van der Waals surface area contributed by atoms with Crippen molar-refractivity contribution in [2.24, 2.45) is 11.8 Å². The van der Waals surface area contributed by atoms with Crippen molar-refractivity contribution >= 4 is 11.7 Å². The summed E-state index contributed by atoms with van der Waals surface area (Å²) in [7, 11) is 0. The summed E-state index contributed by atoms with van der Waals surface area (Å²) >= 11 is 0. The minimum atomic E-state index is -0.358. The molecule has 2 aliphatic heterocycles. The average molecular weight is 398 g/mol. The summed E-state index contributed by atoms with van der Waals surface area (Å²) in [4.78, 5) is 28.5. The van der Waals surface area contributed by atoms with E-state index in [4.69, 9.17) is 9.47 Å². The first-order chi connectivity index (χ1) is 14.0. The van der Waals surface area contributed by atoms with E-state index >= 15 is 0 Å². The zero-order valence-electron chi connectivity index (χ0n) is 17.6. The van der Waals surface area contributed by atoms with Gasteiger partial charge >= 0.3 is 0 Å². The molecule has 3 aliphatic rings. The van der Waals surface area contributed by atoms with Crippen LogP contribution in [0.5, 0.6) is 5.75 Å². The van der Waals surface area contributed by atoms with Crippen molar-refractivity contribution < 1.29 is 19.1 Å². The molecule has 4 atom stereocenters. The zero-order chi connectivity index (χ0) is 20.5. The van der Waals surface area contributed by atoms with Crippen LogP contribution in [0.1, 0.15) is 64.5 Å². The summed E-state index contributed by atoms with van der Waals surface area (Å²) in [5, 5.41) is 0. The Labute approximate surface area is 173 Å². The van der Waals surface area contributed by atoms with Crippen LogP contribution in [-0.4, -0.2) is 35.8 Å². The second kappa shape index (κ2) is 8.21. The van der Waals surface area contributed by atoms with Gasteiger partial charge in [-0.05, 0) is 55.7 Å². The number of nitrogens with zero attached hydrogens (tertiary/aromatic N) is 1. The Bertz CT molecular complexity index is 813. The Kier molecular flexibility index (Phi) is 5.66. The molecule has 5 nitrogen and oxygen atoms in total. The number of rotatable bonds is 6. The number of carbonyl (C=O) groups is 2. The molecule has 0 N–H and O–H groups in total. The lowest BCUT2D eigenvalue weighted by atomic mass is 9.74. The van der Waals surface area contributed by atoms with E-state index in [2.05, 4.69) is 13.8 Å². The van der Waals surface area contributed by atoms with Gasteiger partial charge in [-0.2, -0.15) is 0 Å². The van der Waals surface area contributed by atoms with Gasteiger partial charge in [0.25, 0.3) is 5.91 Å². The van der Waals surface area contributed by atoms with E-state index in [1.54, 1.807) is 0 Å². The Morgan fingerprint density at radius 2 is 1.86 bits per heavy atom. The molecule has 1 saturated carbocycles. The highest BCUT2D eigenvalue weighted by molar-refractivity contribution is 6.11. The fourth-order valence-corrected chi connectivity index (χ4v) is 4.91. The van der Waals surface area contributed by atoms with E-state index in [1.807, 2.05) is 36.1 Å². The van der Waals surface area contributed by atoms with Gasteiger partial charge in [0.15, 0.2) is 11.5 Å². The summed E-state index contributed by atoms with van der Waals surface area (Å²) in [6.07, 6.45) is 4.38. The molecule has 0 bridgehead atoms. The van der Waals surface area contributed by atoms with Gasteiger partial charge in [0.05, 0.1) is 24.1 Å². The highest BCUT2D eigenvalue weighted by atomic mass is 16.5. The Hall–Kier alpha value is -2.30. The predicted octanol–water partition coefficient (Wildman–Crippen LogP) is 4.43. The maximum Gasteiger partial charge on any atom is 0.290 e. The molecule has 5 heteroatoms. The van der Waals surface area contributed by atoms with Crippen molar-refractivity contribution in [1.29, 1.82) is 0 Å². The van der Waals surface area contributed by atoms with Gasteiger partial charge in [-0.1, -0.05) is 32.9 Å². The number of benzene rings is 1. The first-order valence-corrected chi connectivity index (χ1v) is 11.0. The van der Waals surface area contributed by atoms with Crippen LogP contribution in [0.2, 0.25) is 0 Å². The topological polar surface area (TPSA) is 55.8 Å². The molecule has 4 unspecified atom stereocenters. The lowest BCUT2D eigenvalue weighted by Gasteiger charge is -2.37. The number of hydrogen-bond acceptors (Lipinski definition) is 4. The lowest BCUT2D eigenvalue weighted by molar-refractivity contribution is -0.136. The van der Waals surface area contributed by atoms with Crippen LogP contribution in [0.15, 0.2) is 35.6 Å². The molecule has 0 saturated heterocycles. The first-order valence-electron chi connectivity index (χ1n) is 11.0. The monoisotopic (exact) mass is 397 g/mol. The van der Waals surface area contributed by atoms with Crippen molar-refractivity contribution in [2.75, 3.05) is 13.2 Å². The number of amides is 1. The molecule has 1 aliphatic carbocycles. The fraction of sp³-hybridized carbons (Fsp3) is 0.583. The number of hydrogen-bond donors (Lipinski definition) is 0. The van der Waals surface area contributed by atoms with Crippen molar-refractivity contribution in [3.8, 4) is 5.75 Å². The lowest BCUT2D eigenvalue weighted by Crippen LogP contribution is -2.41. The van der Waals surface area contributed by atoms with E-state index in [1.165, 1.54) is 0 Å². The largest absolute Gasteiger partial charge is 0.494 e. The van der Waals surface area contributed by atoms with Crippen molar-refractivity contribution in [2.45, 2.75) is 65.0 Å². The Morgan fingerprint density at radius 3 is 2.55 bits per heavy atom. The smallest absolute Gasteiger partial charge is 0.290 e. The van der Waals surface area contributed by atoms with E-state index < -0.39 is 0 Å². The molecular formula is C24H31NO4. The molecule has 1 amide bonds. The molecule has 0 spiro atoms. The first kappa shape index (κ1) is 20.0. The SMILES string of the molecule is CCCOc1ccc(C2C3=C(OC4CCC(C)CC4C3=O)C(=O)N2CCC)cc1. The average Bonchev–Trinajstić information content (AvgIpc) is 3.00. The number of ketones is 1. The van der Waals surface area contributed by atoms with Gasteiger partial charge in [-0.15, -0.1) is 0 Å². The molecule has 0 radical (unpaired) electrons. The van der Waals surface area contributed by atoms with Crippen LogP contribution in [0.3, 0.4) is 0 Å². The van der Waals surface area contributed by atoms with Crippen LogP contribution >= 0.6 is 0 Å². The van der Waals surface area contributed by atoms with E-state index in [-0.39, 0.29) is 29.8 Å². The number of Topliss-reactive ketones (excluding diaryl/α,β-unsaturated/α-hetero) is 1. The van der Waals surface area contributed by atoms with Gasteiger partial charge in [0.2, 0.25) is 0 Å². The zero-order valence-corrected chi connectivity index (χ0v) is 17.6. The van der Waals surface area contributed by atoms with Crippen molar-refractivity contribution in [1.82, 2.24) is 4.90 Å². The second-order valence-electron chi connectivity index (χ2n) is 8.61. The third-order valence-electron chi connectivity index (χ3n) is 6.34. The fourth-order valence-electron chi connectivity index (χ4n) is 4.91. The van der Waals surface area contributed by atoms with Crippen molar-refractivity contribution in [3.63, 3.8) is 0 Å². The Balaban J connectivity index is 1.69. The van der Waals surface area contributed by atoms with Crippen LogP contribution in [0, 0.1) is 11.8 Å². The van der Waals surface area contributed by atoms with E-state index in [0.29, 0.717) is 30.4 Å². The van der Waals surface area contributed by atoms with E-state index in [0.717, 1.165) is 43.4 Å². The van der Waals surface area contributed by atoms with Crippen LogP contribution in [0.4, 0.5) is 0 Å². The highest BCUT2D eigenvalue weighted by Crippen LogP contribution is 2.47. The molecule has 2 heterocycles. The van der Waals surface area contributed by atoms with Crippen LogP contribution in [0.25, 0.3) is 0 Å². The van der Waals surface area contributed by atoms with Crippen molar-refractivity contribution in [3.05, 3.63) is 41.2 Å². The molecule has 1 aromatic carbocycles. The molecular weight excluding hydrogens is 366 g/mol. The normalized spacial score (nSPS) is 28.9. The molecule has 29 heavy (non-hydrogen) atoms. The maximum atomic E-state index is 13.5. The molecule has 1 fully saturated rings. The Morgan fingerprint density at radius 1 is 1.10 bits per heavy atom. The predicted molar refractivity (Wildman–Crippen MR) is 110 cm³/mol. The van der Waals surface area contributed by atoms with Gasteiger partial charge in [-0.3, -0.25) is 9.59 Å². The molecule has 0 aromatic heterocycles. The van der Waals surface area contributed by atoms with Gasteiger partial charge < -0.3 is 14.4 Å². The van der Waals surface area contributed by atoms with E-state index in [9.17, 15) is 9.59 Å². The standard InChI is InChI=1S/C24H31NO4/c1-4-12-25-21(16-7-9-17(10-8-16)28-13-5-2)20-22(26)18-14-15(3)6-11-19(18)29-23(20)24(25)27/h7-10,15,18-19,21H,4-6,11-14H2,1-3H3. The van der Waals surface area contributed by atoms with Gasteiger partial charge in [-0.25, -0.2) is 0 Å². The maximum absolute atomic E-state index is 13.5.